The van der Waals surface area contributed by atoms with Gasteiger partial charge in [0.1, 0.15) is 5.82 Å². The molecule has 0 saturated heterocycles. The van der Waals surface area contributed by atoms with Crippen LogP contribution in [-0.2, 0) is 16.6 Å². The van der Waals surface area contributed by atoms with Crippen LogP contribution in [0.5, 0.6) is 0 Å². The van der Waals surface area contributed by atoms with E-state index in [2.05, 4.69) is 21.2 Å². The Kier molecular flexibility index (Phi) is 4.42. The maximum atomic E-state index is 13.4. The first-order valence-electron chi connectivity index (χ1n) is 5.67. The van der Waals surface area contributed by atoms with Gasteiger partial charge >= 0.3 is 0 Å². The summed E-state index contributed by atoms with van der Waals surface area (Å²) >= 11 is 3.08. The second-order valence-electron chi connectivity index (χ2n) is 4.17. The highest BCUT2D eigenvalue weighted by Crippen LogP contribution is 2.18. The van der Waals surface area contributed by atoms with Crippen molar-refractivity contribution in [1.82, 2.24) is 0 Å². The van der Waals surface area contributed by atoms with E-state index in [-0.39, 0.29) is 10.7 Å². The monoisotopic (exact) mass is 358 g/mol. The number of nitrogens with one attached hydrogen (secondary N) is 1. The molecule has 0 aliphatic heterocycles. The Morgan fingerprint density at radius 2 is 1.95 bits per heavy atom. The third kappa shape index (κ3) is 3.78. The van der Waals surface area contributed by atoms with Crippen LogP contribution in [0.25, 0.3) is 0 Å². The predicted molar refractivity (Wildman–Crippen MR) is 79.2 cm³/mol. The Hall–Kier alpha value is -1.44. The fourth-order valence-corrected chi connectivity index (χ4v) is 2.44. The molecule has 0 saturated carbocycles. The van der Waals surface area contributed by atoms with Gasteiger partial charge in [0.15, 0.2) is 0 Å². The molecule has 3 N–H and O–H groups in total. The van der Waals surface area contributed by atoms with Gasteiger partial charge in [0.05, 0.1) is 9.37 Å². The van der Waals surface area contributed by atoms with Gasteiger partial charge in [-0.2, -0.15) is 0 Å². The SMILES string of the molecule is NS(=O)(=O)c1cccc(NCc2ccc(Br)c(F)c2)c1. The number of halogens is 2. The van der Waals surface area contributed by atoms with Crippen LogP contribution in [0, 0.1) is 5.82 Å². The lowest BCUT2D eigenvalue weighted by atomic mass is 10.2. The van der Waals surface area contributed by atoms with Gasteiger partial charge in [0.2, 0.25) is 10.0 Å². The lowest BCUT2D eigenvalue weighted by molar-refractivity contribution is 0.598. The minimum Gasteiger partial charge on any atom is -0.381 e. The first kappa shape index (κ1) is 15.0. The lowest BCUT2D eigenvalue weighted by Crippen LogP contribution is -2.12. The van der Waals surface area contributed by atoms with E-state index in [1.54, 1.807) is 24.3 Å². The summed E-state index contributed by atoms with van der Waals surface area (Å²) in [7, 11) is -3.73. The van der Waals surface area contributed by atoms with Crippen molar-refractivity contribution in [3.8, 4) is 0 Å². The number of rotatable bonds is 4. The lowest BCUT2D eigenvalue weighted by Gasteiger charge is -2.08. The first-order chi connectivity index (χ1) is 9.36. The molecule has 0 aliphatic rings. The van der Waals surface area contributed by atoms with Crippen LogP contribution < -0.4 is 10.5 Å². The number of hydrogen-bond donors (Lipinski definition) is 2. The first-order valence-corrected chi connectivity index (χ1v) is 8.01. The molecule has 0 heterocycles. The zero-order chi connectivity index (χ0) is 14.8. The van der Waals surface area contributed by atoms with Crippen molar-refractivity contribution in [1.29, 1.82) is 0 Å². The molecule has 0 amide bonds. The quantitative estimate of drug-likeness (QED) is 0.882. The Labute approximate surface area is 125 Å². The van der Waals surface area contributed by atoms with E-state index < -0.39 is 10.0 Å². The van der Waals surface area contributed by atoms with E-state index in [1.807, 2.05) is 0 Å². The van der Waals surface area contributed by atoms with Crippen molar-refractivity contribution in [3.05, 3.63) is 58.3 Å². The van der Waals surface area contributed by atoms with Crippen LogP contribution in [0.1, 0.15) is 5.56 Å². The van der Waals surface area contributed by atoms with Crippen molar-refractivity contribution in [2.75, 3.05) is 5.32 Å². The van der Waals surface area contributed by atoms with Gasteiger partial charge in [-0.05, 0) is 51.8 Å². The molecule has 0 aromatic heterocycles. The van der Waals surface area contributed by atoms with Gasteiger partial charge in [0.25, 0.3) is 0 Å². The van der Waals surface area contributed by atoms with Gasteiger partial charge in [-0.3, -0.25) is 0 Å². The van der Waals surface area contributed by atoms with E-state index >= 15 is 0 Å². The normalized spacial score (nSPS) is 11.3. The molecule has 2 aromatic carbocycles. The van der Waals surface area contributed by atoms with Crippen molar-refractivity contribution in [3.63, 3.8) is 0 Å². The third-order valence-electron chi connectivity index (χ3n) is 2.64. The minimum atomic E-state index is -3.73. The summed E-state index contributed by atoms with van der Waals surface area (Å²) in [5.74, 6) is -0.345. The summed E-state index contributed by atoms with van der Waals surface area (Å²) < 4.78 is 36.2. The molecule has 0 unspecified atom stereocenters. The topological polar surface area (TPSA) is 72.2 Å². The summed E-state index contributed by atoms with van der Waals surface area (Å²) in [5.41, 5.74) is 1.34. The number of sulfonamides is 1. The molecular formula is C13H12BrFN2O2S. The number of nitrogens with two attached hydrogens (primary N) is 1. The molecule has 0 bridgehead atoms. The molecule has 2 aromatic rings. The highest BCUT2D eigenvalue weighted by molar-refractivity contribution is 9.10. The largest absolute Gasteiger partial charge is 0.381 e. The fraction of sp³-hybridized carbons (Fsp3) is 0.0769. The van der Waals surface area contributed by atoms with Crippen LogP contribution in [-0.4, -0.2) is 8.42 Å². The zero-order valence-electron chi connectivity index (χ0n) is 10.3. The van der Waals surface area contributed by atoms with E-state index in [0.717, 1.165) is 5.56 Å². The van der Waals surface area contributed by atoms with Gasteiger partial charge in [-0.15, -0.1) is 0 Å². The summed E-state index contributed by atoms with van der Waals surface area (Å²) in [6.45, 7) is 0.373. The standard InChI is InChI=1S/C13H12BrFN2O2S/c14-12-5-4-9(6-13(12)15)8-17-10-2-1-3-11(7-10)20(16,18)19/h1-7,17H,8H2,(H2,16,18,19). The van der Waals surface area contributed by atoms with Gasteiger partial charge < -0.3 is 5.32 Å². The molecule has 106 valence electrons. The van der Waals surface area contributed by atoms with Crippen molar-refractivity contribution >= 4 is 31.6 Å². The van der Waals surface area contributed by atoms with E-state index in [1.165, 1.54) is 18.2 Å². The molecule has 2 rings (SSSR count). The molecule has 0 aliphatic carbocycles. The molecule has 7 heteroatoms. The van der Waals surface area contributed by atoms with Crippen LogP contribution in [0.4, 0.5) is 10.1 Å². The Morgan fingerprint density at radius 3 is 2.60 bits per heavy atom. The highest BCUT2D eigenvalue weighted by Gasteiger charge is 2.08. The maximum Gasteiger partial charge on any atom is 0.238 e. The van der Waals surface area contributed by atoms with Gasteiger partial charge in [0, 0.05) is 12.2 Å². The van der Waals surface area contributed by atoms with Crippen molar-refractivity contribution < 1.29 is 12.8 Å². The van der Waals surface area contributed by atoms with Crippen molar-refractivity contribution in [2.24, 2.45) is 5.14 Å². The molecule has 20 heavy (non-hydrogen) atoms. The summed E-state index contributed by atoms with van der Waals surface area (Å²) in [5, 5.41) is 8.08. The number of anilines is 1. The van der Waals surface area contributed by atoms with Gasteiger partial charge in [-0.25, -0.2) is 17.9 Å². The third-order valence-corrected chi connectivity index (χ3v) is 4.20. The Bertz CT molecular complexity index is 735. The van der Waals surface area contributed by atoms with Crippen LogP contribution in [0.3, 0.4) is 0 Å². The fourth-order valence-electron chi connectivity index (χ4n) is 1.64. The number of benzene rings is 2. The maximum absolute atomic E-state index is 13.4. The number of primary sulfonamides is 1. The summed E-state index contributed by atoms with van der Waals surface area (Å²) in [4.78, 5) is 0.0319. The summed E-state index contributed by atoms with van der Waals surface area (Å²) in [6, 6.07) is 10.9. The van der Waals surface area contributed by atoms with Crippen LogP contribution in [0.2, 0.25) is 0 Å². The zero-order valence-corrected chi connectivity index (χ0v) is 12.7. The van der Waals surface area contributed by atoms with E-state index in [9.17, 15) is 12.8 Å². The molecule has 4 nitrogen and oxygen atoms in total. The van der Waals surface area contributed by atoms with Crippen LogP contribution >= 0.6 is 15.9 Å². The minimum absolute atomic E-state index is 0.0319. The Balaban J connectivity index is 2.13. The predicted octanol–water partition coefficient (Wildman–Crippen LogP) is 2.85. The molecule has 0 radical (unpaired) electrons. The highest BCUT2D eigenvalue weighted by atomic mass is 79.9. The van der Waals surface area contributed by atoms with E-state index in [4.69, 9.17) is 5.14 Å². The average Bonchev–Trinajstić information content (AvgIpc) is 2.39. The second kappa shape index (κ2) is 5.90. The molecule has 0 atom stereocenters. The number of hydrogen-bond acceptors (Lipinski definition) is 3. The Morgan fingerprint density at radius 1 is 1.20 bits per heavy atom. The molecular weight excluding hydrogens is 347 g/mol. The summed E-state index contributed by atoms with van der Waals surface area (Å²) in [6.07, 6.45) is 0. The molecule has 0 fully saturated rings. The second-order valence-corrected chi connectivity index (χ2v) is 6.59. The average molecular weight is 359 g/mol. The van der Waals surface area contributed by atoms with Gasteiger partial charge in [-0.1, -0.05) is 12.1 Å². The molecule has 0 spiro atoms. The van der Waals surface area contributed by atoms with E-state index in [0.29, 0.717) is 16.7 Å². The van der Waals surface area contributed by atoms with Crippen LogP contribution in [0.15, 0.2) is 51.8 Å². The smallest absolute Gasteiger partial charge is 0.238 e. The van der Waals surface area contributed by atoms with Crippen molar-refractivity contribution in [2.45, 2.75) is 11.4 Å².